The van der Waals surface area contributed by atoms with Crippen LogP contribution in [0.3, 0.4) is 0 Å². The number of nitrogens with zero attached hydrogens (tertiary/aromatic N) is 2. The number of aryl methyl sites for hydroxylation is 1. The lowest BCUT2D eigenvalue weighted by Gasteiger charge is -2.30. The highest BCUT2D eigenvalue weighted by Gasteiger charge is 2.38. The molecular weight excluding hydrogens is 412 g/mol. The van der Waals surface area contributed by atoms with E-state index >= 15 is 0 Å². The quantitative estimate of drug-likeness (QED) is 0.629. The minimum Gasteiger partial charge on any atom is -0.349 e. The first kappa shape index (κ1) is 21.8. The Balaban J connectivity index is 1.60. The summed E-state index contributed by atoms with van der Waals surface area (Å²) < 4.78 is 6.10. The van der Waals surface area contributed by atoms with Crippen molar-refractivity contribution in [2.24, 2.45) is 0 Å². The molecule has 2 aromatic heterocycles. The smallest absolute Gasteiger partial charge is 0.227 e. The molecule has 9 heteroatoms. The molecule has 7 nitrogen and oxygen atoms in total. The summed E-state index contributed by atoms with van der Waals surface area (Å²) in [6.45, 7) is 3.44. The fourth-order valence-corrected chi connectivity index (χ4v) is 4.85. The number of amides is 2. The maximum Gasteiger partial charge on any atom is 0.227 e. The zero-order valence-corrected chi connectivity index (χ0v) is 18.4. The van der Waals surface area contributed by atoms with Crippen molar-refractivity contribution in [1.29, 1.82) is 0 Å². The van der Waals surface area contributed by atoms with E-state index in [1.165, 1.54) is 18.3 Å². The summed E-state index contributed by atoms with van der Waals surface area (Å²) >= 11 is 7.41. The van der Waals surface area contributed by atoms with E-state index in [1.807, 2.05) is 19.1 Å². The Morgan fingerprint density at radius 2 is 2.00 bits per heavy atom. The number of halogens is 1. The maximum atomic E-state index is 12.3. The predicted octanol–water partition coefficient (Wildman–Crippen LogP) is 4.28. The van der Waals surface area contributed by atoms with E-state index in [1.54, 1.807) is 0 Å². The van der Waals surface area contributed by atoms with Crippen LogP contribution in [0.25, 0.3) is 0 Å². The van der Waals surface area contributed by atoms with Gasteiger partial charge >= 0.3 is 0 Å². The molecule has 1 fully saturated rings. The molecule has 0 bridgehead atoms. The average Bonchev–Trinajstić information content (AvgIpc) is 3.25. The van der Waals surface area contributed by atoms with Gasteiger partial charge in [0.1, 0.15) is 5.54 Å². The highest BCUT2D eigenvalue weighted by molar-refractivity contribution is 7.16. The third kappa shape index (κ3) is 5.79. The first-order valence-electron chi connectivity index (χ1n) is 10.0. The second-order valence-corrected chi connectivity index (χ2v) is 9.37. The average molecular weight is 439 g/mol. The van der Waals surface area contributed by atoms with Gasteiger partial charge in [-0.25, -0.2) is 0 Å². The molecule has 1 saturated carbocycles. The Kier molecular flexibility index (Phi) is 7.29. The van der Waals surface area contributed by atoms with Crippen molar-refractivity contribution in [1.82, 2.24) is 20.8 Å². The summed E-state index contributed by atoms with van der Waals surface area (Å²) in [5.41, 5.74) is -0.570. The lowest BCUT2D eigenvalue weighted by Crippen LogP contribution is -2.45. The second kappa shape index (κ2) is 9.71. The van der Waals surface area contributed by atoms with Crippen LogP contribution < -0.4 is 10.6 Å². The fourth-order valence-electron chi connectivity index (χ4n) is 3.79. The molecule has 3 rings (SSSR count). The minimum atomic E-state index is -0.570. The van der Waals surface area contributed by atoms with Crippen molar-refractivity contribution in [3.8, 4) is 0 Å². The number of aromatic nitrogens is 2. The fraction of sp³-hybridized carbons (Fsp3) is 0.600. The summed E-state index contributed by atoms with van der Waals surface area (Å²) in [5, 5.41) is 10.2. The van der Waals surface area contributed by atoms with Gasteiger partial charge in [0.15, 0.2) is 5.82 Å². The number of hydrogen-bond acceptors (Lipinski definition) is 6. The Morgan fingerprint density at radius 3 is 2.62 bits per heavy atom. The van der Waals surface area contributed by atoms with E-state index in [-0.39, 0.29) is 24.3 Å². The van der Waals surface area contributed by atoms with E-state index in [9.17, 15) is 9.59 Å². The largest absolute Gasteiger partial charge is 0.349 e. The molecule has 0 aromatic carbocycles. The monoisotopic (exact) mass is 438 g/mol. The first-order chi connectivity index (χ1) is 13.9. The van der Waals surface area contributed by atoms with Crippen molar-refractivity contribution >= 4 is 34.8 Å². The van der Waals surface area contributed by atoms with Crippen LogP contribution in [-0.2, 0) is 21.5 Å². The number of nitrogens with one attached hydrogen (secondary N) is 2. The van der Waals surface area contributed by atoms with Crippen molar-refractivity contribution in [3.05, 3.63) is 33.1 Å². The number of rotatable bonds is 7. The molecule has 29 heavy (non-hydrogen) atoms. The highest BCUT2D eigenvalue weighted by Crippen LogP contribution is 2.34. The third-order valence-electron chi connectivity index (χ3n) is 5.23. The molecular formula is C20H27ClN4O3S. The standard InChI is InChI=1S/C20H27ClN4O3S/c1-13(15-7-8-16(21)29-15)22-17(27)9-10-18-23-19(25-28-18)20(24-14(2)26)11-5-3-4-6-12-20/h7-8,13H,3-6,9-12H2,1-2H3,(H,22,27)(H,24,26). The number of carbonyl (C=O) groups excluding carboxylic acids is 2. The Labute approximate surface area is 179 Å². The second-order valence-electron chi connectivity index (χ2n) is 7.62. The molecule has 1 unspecified atom stereocenters. The van der Waals surface area contributed by atoms with E-state index in [0.29, 0.717) is 22.5 Å². The molecule has 1 aliphatic rings. The Morgan fingerprint density at radius 1 is 1.28 bits per heavy atom. The van der Waals surface area contributed by atoms with Gasteiger partial charge < -0.3 is 15.2 Å². The number of carbonyl (C=O) groups is 2. The number of thiophene rings is 1. The zero-order valence-electron chi connectivity index (χ0n) is 16.8. The van der Waals surface area contributed by atoms with Gasteiger partial charge in [-0.1, -0.05) is 42.4 Å². The van der Waals surface area contributed by atoms with E-state index < -0.39 is 5.54 Å². The molecule has 2 N–H and O–H groups in total. The van der Waals surface area contributed by atoms with E-state index in [4.69, 9.17) is 16.1 Å². The molecule has 0 saturated heterocycles. The Bertz CT molecular complexity index is 842. The van der Waals surface area contributed by atoms with E-state index in [2.05, 4.69) is 20.8 Å². The molecule has 158 valence electrons. The molecule has 1 aliphatic carbocycles. The van der Waals surface area contributed by atoms with Gasteiger partial charge in [0.2, 0.25) is 17.7 Å². The van der Waals surface area contributed by atoms with Crippen molar-refractivity contribution in [2.75, 3.05) is 0 Å². The topological polar surface area (TPSA) is 97.1 Å². The van der Waals surface area contributed by atoms with Crippen LogP contribution in [0.1, 0.15) is 81.4 Å². The molecule has 0 aliphatic heterocycles. The van der Waals surface area contributed by atoms with Crippen molar-refractivity contribution in [3.63, 3.8) is 0 Å². The lowest BCUT2D eigenvalue weighted by molar-refractivity contribution is -0.122. The molecule has 2 aromatic rings. The van der Waals surface area contributed by atoms with Crippen LogP contribution in [-0.4, -0.2) is 22.0 Å². The third-order valence-corrected chi connectivity index (χ3v) is 6.65. The molecule has 0 radical (unpaired) electrons. The van der Waals surface area contributed by atoms with Crippen molar-refractivity contribution < 1.29 is 14.1 Å². The van der Waals surface area contributed by atoms with Crippen LogP contribution in [0.15, 0.2) is 16.7 Å². The normalized spacial score (nSPS) is 17.3. The van der Waals surface area contributed by atoms with Gasteiger partial charge in [0.05, 0.1) is 10.4 Å². The Hall–Kier alpha value is -1.93. The predicted molar refractivity (Wildman–Crippen MR) is 112 cm³/mol. The molecule has 2 amide bonds. The van der Waals surface area contributed by atoms with Crippen LogP contribution in [0.2, 0.25) is 4.34 Å². The SMILES string of the molecule is CC(=O)NC1(c2noc(CCC(=O)NC(C)c3ccc(Cl)s3)n2)CCCCCC1. The van der Waals surface area contributed by atoms with Gasteiger partial charge in [-0.15, -0.1) is 11.3 Å². The van der Waals surface area contributed by atoms with Gasteiger partial charge in [-0.3, -0.25) is 9.59 Å². The highest BCUT2D eigenvalue weighted by atomic mass is 35.5. The molecule has 0 spiro atoms. The van der Waals surface area contributed by atoms with Crippen LogP contribution in [0.5, 0.6) is 0 Å². The minimum absolute atomic E-state index is 0.0900. The first-order valence-corrected chi connectivity index (χ1v) is 11.2. The van der Waals surface area contributed by atoms with Gasteiger partial charge in [-0.05, 0) is 31.9 Å². The number of hydrogen-bond donors (Lipinski definition) is 2. The zero-order chi connectivity index (χ0) is 20.9. The summed E-state index contributed by atoms with van der Waals surface area (Å²) in [7, 11) is 0. The maximum absolute atomic E-state index is 12.3. The summed E-state index contributed by atoms with van der Waals surface area (Å²) in [4.78, 5) is 29.6. The van der Waals surface area contributed by atoms with Crippen LogP contribution in [0, 0.1) is 0 Å². The van der Waals surface area contributed by atoms with Crippen molar-refractivity contribution in [2.45, 2.75) is 76.8 Å². The van der Waals surface area contributed by atoms with Crippen LogP contribution in [0.4, 0.5) is 0 Å². The summed E-state index contributed by atoms with van der Waals surface area (Å²) in [6.07, 6.45) is 6.50. The van der Waals surface area contributed by atoms with Gasteiger partial charge in [0.25, 0.3) is 0 Å². The van der Waals surface area contributed by atoms with E-state index in [0.717, 1.165) is 43.4 Å². The molecule has 1 atom stereocenters. The van der Waals surface area contributed by atoms with Gasteiger partial charge in [0, 0.05) is 24.6 Å². The summed E-state index contributed by atoms with van der Waals surface area (Å²) in [6, 6.07) is 3.63. The van der Waals surface area contributed by atoms with Crippen LogP contribution >= 0.6 is 22.9 Å². The summed E-state index contributed by atoms with van der Waals surface area (Å²) in [5.74, 6) is 0.746. The lowest BCUT2D eigenvalue weighted by atomic mass is 9.89. The van der Waals surface area contributed by atoms with Gasteiger partial charge in [-0.2, -0.15) is 4.98 Å². The molecule has 2 heterocycles.